The second kappa shape index (κ2) is 10.4. The molecule has 1 aliphatic heterocycles. The van der Waals surface area contributed by atoms with E-state index in [4.69, 9.17) is 21.1 Å². The molecule has 1 aliphatic rings. The number of nitrogens with zero attached hydrogens (tertiary/aromatic N) is 2. The van der Waals surface area contributed by atoms with Gasteiger partial charge in [0.1, 0.15) is 6.61 Å². The number of carbonyl (C=O) groups is 1. The van der Waals surface area contributed by atoms with Crippen LogP contribution in [0.4, 0.5) is 0 Å². The van der Waals surface area contributed by atoms with E-state index in [1.54, 1.807) is 7.11 Å². The van der Waals surface area contributed by atoms with Crippen molar-refractivity contribution in [1.29, 1.82) is 0 Å². The number of rotatable bonds is 7. The summed E-state index contributed by atoms with van der Waals surface area (Å²) in [6, 6.07) is 15.7. The Labute approximate surface area is 198 Å². The van der Waals surface area contributed by atoms with Crippen LogP contribution in [-0.2, 0) is 13.2 Å². The van der Waals surface area contributed by atoms with Gasteiger partial charge in [0.25, 0.3) is 5.91 Å². The molecule has 0 aliphatic carbocycles. The van der Waals surface area contributed by atoms with Crippen molar-refractivity contribution in [2.24, 2.45) is 0 Å². The van der Waals surface area contributed by atoms with Gasteiger partial charge in [0.2, 0.25) is 0 Å². The largest absolute Gasteiger partial charge is 0.493 e. The summed E-state index contributed by atoms with van der Waals surface area (Å²) in [7, 11) is 1.64. The van der Waals surface area contributed by atoms with Crippen molar-refractivity contribution >= 4 is 28.8 Å². The maximum absolute atomic E-state index is 13.0. The summed E-state index contributed by atoms with van der Waals surface area (Å²) in [4.78, 5) is 18.0. The fourth-order valence-corrected chi connectivity index (χ4v) is 4.72. The Bertz CT molecular complexity index is 1060. The van der Waals surface area contributed by atoms with E-state index >= 15 is 0 Å². The Hall–Kier alpha value is -2.54. The smallest absolute Gasteiger partial charge is 0.264 e. The van der Waals surface area contributed by atoms with Crippen LogP contribution < -0.4 is 9.47 Å². The van der Waals surface area contributed by atoms with Crippen LogP contribution in [0, 0.1) is 6.92 Å². The maximum atomic E-state index is 13.0. The van der Waals surface area contributed by atoms with Crippen molar-refractivity contribution in [3.05, 3.63) is 80.5 Å². The first-order valence-electron chi connectivity index (χ1n) is 10.6. The van der Waals surface area contributed by atoms with E-state index in [-0.39, 0.29) is 5.91 Å². The number of carbonyl (C=O) groups excluding carboxylic acids is 1. The summed E-state index contributed by atoms with van der Waals surface area (Å²) in [6.07, 6.45) is 0. The highest BCUT2D eigenvalue weighted by atomic mass is 35.5. The minimum absolute atomic E-state index is 0.0975. The fraction of sp³-hybridized carbons (Fsp3) is 0.320. The monoisotopic (exact) mass is 470 g/mol. The number of thiophene rings is 1. The zero-order chi connectivity index (χ0) is 22.5. The summed E-state index contributed by atoms with van der Waals surface area (Å²) in [5.41, 5.74) is 3.34. The second-order valence-corrected chi connectivity index (χ2v) is 9.30. The summed E-state index contributed by atoms with van der Waals surface area (Å²) >= 11 is 7.44. The van der Waals surface area contributed by atoms with Gasteiger partial charge in [0.15, 0.2) is 11.5 Å². The Morgan fingerprint density at radius 3 is 2.47 bits per heavy atom. The van der Waals surface area contributed by atoms with Crippen molar-refractivity contribution < 1.29 is 14.3 Å². The molecule has 1 amide bonds. The van der Waals surface area contributed by atoms with Crippen LogP contribution in [0.15, 0.2) is 53.9 Å². The van der Waals surface area contributed by atoms with Crippen LogP contribution in [0.25, 0.3) is 0 Å². The average molecular weight is 471 g/mol. The van der Waals surface area contributed by atoms with E-state index in [1.165, 1.54) is 16.9 Å². The topological polar surface area (TPSA) is 42.0 Å². The number of hydrogen-bond donors (Lipinski definition) is 0. The van der Waals surface area contributed by atoms with Crippen molar-refractivity contribution in [2.45, 2.75) is 20.1 Å². The Balaban J connectivity index is 1.29. The van der Waals surface area contributed by atoms with Crippen molar-refractivity contribution in [1.82, 2.24) is 9.80 Å². The third-order valence-corrected chi connectivity index (χ3v) is 6.78. The molecule has 5 nitrogen and oxygen atoms in total. The third kappa shape index (κ3) is 5.63. The van der Waals surface area contributed by atoms with Gasteiger partial charge in [-0.25, -0.2) is 0 Å². The van der Waals surface area contributed by atoms with Gasteiger partial charge in [0.05, 0.1) is 12.0 Å². The van der Waals surface area contributed by atoms with Gasteiger partial charge in [-0.1, -0.05) is 29.8 Å². The van der Waals surface area contributed by atoms with Gasteiger partial charge in [0, 0.05) is 43.3 Å². The highest BCUT2D eigenvalue weighted by Gasteiger charge is 2.23. The zero-order valence-electron chi connectivity index (χ0n) is 18.3. The normalized spacial score (nSPS) is 14.4. The highest BCUT2D eigenvalue weighted by molar-refractivity contribution is 7.12. The van der Waals surface area contributed by atoms with Crippen LogP contribution >= 0.6 is 22.9 Å². The molecule has 168 valence electrons. The van der Waals surface area contributed by atoms with Gasteiger partial charge in [-0.3, -0.25) is 9.69 Å². The minimum Gasteiger partial charge on any atom is -0.493 e. The van der Waals surface area contributed by atoms with Crippen LogP contribution in [0.2, 0.25) is 5.02 Å². The minimum atomic E-state index is 0.0975. The Morgan fingerprint density at radius 2 is 1.75 bits per heavy atom. The van der Waals surface area contributed by atoms with Crippen molar-refractivity contribution in [2.75, 3.05) is 33.3 Å². The molecule has 1 fully saturated rings. The van der Waals surface area contributed by atoms with Crippen molar-refractivity contribution in [3.8, 4) is 11.5 Å². The standard InChI is InChI=1S/C25H27ClN2O3S/c1-18-3-8-22(23(13-18)30-2)31-16-20-14-24(32-17-20)25(29)28-11-9-27(10-12-28)15-19-4-6-21(26)7-5-19/h3-8,13-14,17H,9-12,15-16H2,1-2H3. The second-order valence-electron chi connectivity index (χ2n) is 7.96. The van der Waals surface area contributed by atoms with Crippen molar-refractivity contribution in [3.63, 3.8) is 0 Å². The van der Waals surface area contributed by atoms with Crippen LogP contribution in [0.5, 0.6) is 11.5 Å². The molecule has 0 radical (unpaired) electrons. The predicted molar refractivity (Wildman–Crippen MR) is 129 cm³/mol. The number of benzene rings is 2. The predicted octanol–water partition coefficient (Wildman–Crippen LogP) is 5.26. The van der Waals surface area contributed by atoms with Crippen LogP contribution in [0.3, 0.4) is 0 Å². The van der Waals surface area contributed by atoms with E-state index in [9.17, 15) is 4.79 Å². The van der Waals surface area contributed by atoms with E-state index in [0.717, 1.165) is 53.8 Å². The van der Waals surface area contributed by atoms with Gasteiger partial charge in [-0.05, 0) is 53.8 Å². The quantitative estimate of drug-likeness (QED) is 0.472. The third-order valence-electron chi connectivity index (χ3n) is 5.56. The molecule has 0 atom stereocenters. The molecule has 2 aromatic carbocycles. The molecule has 4 rings (SSSR count). The van der Waals surface area contributed by atoms with E-state index in [1.807, 2.05) is 53.6 Å². The fourth-order valence-electron chi connectivity index (χ4n) is 3.73. The summed E-state index contributed by atoms with van der Waals surface area (Å²) in [5.74, 6) is 1.52. The molecule has 3 aromatic rings. The van der Waals surface area contributed by atoms with E-state index < -0.39 is 0 Å². The molecule has 32 heavy (non-hydrogen) atoms. The summed E-state index contributed by atoms with van der Waals surface area (Å²) < 4.78 is 11.3. The van der Waals surface area contributed by atoms with Gasteiger partial charge >= 0.3 is 0 Å². The van der Waals surface area contributed by atoms with Crippen LogP contribution in [-0.4, -0.2) is 49.0 Å². The lowest BCUT2D eigenvalue weighted by Gasteiger charge is -2.34. The van der Waals surface area contributed by atoms with E-state index in [0.29, 0.717) is 18.1 Å². The molecular formula is C25H27ClN2O3S. The lowest BCUT2D eigenvalue weighted by atomic mass is 10.2. The van der Waals surface area contributed by atoms with Gasteiger partial charge in [-0.15, -0.1) is 11.3 Å². The van der Waals surface area contributed by atoms with E-state index in [2.05, 4.69) is 17.0 Å². The molecule has 1 saturated heterocycles. The number of hydrogen-bond acceptors (Lipinski definition) is 5. The Kier molecular flexibility index (Phi) is 7.35. The first-order chi connectivity index (χ1) is 15.5. The molecule has 0 unspecified atom stereocenters. The molecule has 2 heterocycles. The number of amides is 1. The Morgan fingerprint density at radius 1 is 1.00 bits per heavy atom. The van der Waals surface area contributed by atoms with Gasteiger partial charge < -0.3 is 14.4 Å². The first kappa shape index (κ1) is 22.6. The summed E-state index contributed by atoms with van der Waals surface area (Å²) in [6.45, 7) is 6.49. The zero-order valence-corrected chi connectivity index (χ0v) is 19.9. The number of ether oxygens (including phenoxy) is 2. The van der Waals surface area contributed by atoms with Crippen LogP contribution in [0.1, 0.15) is 26.4 Å². The molecule has 0 N–H and O–H groups in total. The molecule has 0 spiro atoms. The number of aryl methyl sites for hydroxylation is 1. The lowest BCUT2D eigenvalue weighted by molar-refractivity contribution is 0.0633. The maximum Gasteiger partial charge on any atom is 0.264 e. The number of methoxy groups -OCH3 is 1. The molecule has 0 saturated carbocycles. The molecular weight excluding hydrogens is 444 g/mol. The molecule has 7 heteroatoms. The highest BCUT2D eigenvalue weighted by Crippen LogP contribution is 2.29. The SMILES string of the molecule is COc1cc(C)ccc1OCc1csc(C(=O)N2CCN(Cc3ccc(Cl)cc3)CC2)c1. The molecule has 0 bridgehead atoms. The molecule has 1 aromatic heterocycles. The lowest BCUT2D eigenvalue weighted by Crippen LogP contribution is -2.48. The van der Waals surface area contributed by atoms with Gasteiger partial charge in [-0.2, -0.15) is 0 Å². The average Bonchev–Trinajstić information content (AvgIpc) is 3.29. The number of piperazine rings is 1. The number of halogens is 1. The summed E-state index contributed by atoms with van der Waals surface area (Å²) in [5, 5.41) is 2.74. The first-order valence-corrected chi connectivity index (χ1v) is 11.9.